The molecular formula is C11H21N3O3S. The predicted octanol–water partition coefficient (Wildman–Crippen LogP) is -1.16. The molecule has 1 saturated heterocycles. The molecule has 2 aliphatic rings. The van der Waals surface area contributed by atoms with Gasteiger partial charge in [-0.15, -0.1) is 0 Å². The van der Waals surface area contributed by atoms with Crippen LogP contribution in [-0.2, 0) is 14.6 Å². The topological polar surface area (TPSA) is 106 Å². The van der Waals surface area contributed by atoms with E-state index in [1.165, 1.54) is 0 Å². The van der Waals surface area contributed by atoms with Crippen LogP contribution in [0.5, 0.6) is 0 Å². The number of nitrogens with two attached hydrogens (primary N) is 2. The Morgan fingerprint density at radius 1 is 1.28 bits per heavy atom. The molecule has 0 spiro atoms. The van der Waals surface area contributed by atoms with E-state index in [2.05, 4.69) is 4.90 Å². The fourth-order valence-electron chi connectivity index (χ4n) is 2.90. The Morgan fingerprint density at radius 2 is 1.89 bits per heavy atom. The molecular weight excluding hydrogens is 254 g/mol. The average Bonchev–Trinajstić information content (AvgIpc) is 2.28. The lowest BCUT2D eigenvalue weighted by molar-refractivity contribution is -0.125. The van der Waals surface area contributed by atoms with Crippen LogP contribution in [0.1, 0.15) is 25.7 Å². The van der Waals surface area contributed by atoms with Gasteiger partial charge in [0, 0.05) is 19.1 Å². The molecule has 6 nitrogen and oxygen atoms in total. The maximum Gasteiger partial charge on any atom is 0.237 e. The van der Waals surface area contributed by atoms with Gasteiger partial charge in [-0.3, -0.25) is 9.69 Å². The quantitative estimate of drug-likeness (QED) is 0.661. The summed E-state index contributed by atoms with van der Waals surface area (Å²) in [6.07, 6.45) is 3.01. The molecule has 1 amide bonds. The van der Waals surface area contributed by atoms with E-state index in [4.69, 9.17) is 11.5 Å². The van der Waals surface area contributed by atoms with E-state index >= 15 is 0 Å². The van der Waals surface area contributed by atoms with Gasteiger partial charge in [0.05, 0.1) is 17.0 Å². The molecule has 2 atom stereocenters. The van der Waals surface area contributed by atoms with Gasteiger partial charge in [-0.25, -0.2) is 8.42 Å². The Balaban J connectivity index is 2.00. The summed E-state index contributed by atoms with van der Waals surface area (Å²) in [4.78, 5) is 13.5. The van der Waals surface area contributed by atoms with E-state index in [0.717, 1.165) is 12.8 Å². The predicted molar refractivity (Wildman–Crippen MR) is 68.6 cm³/mol. The summed E-state index contributed by atoms with van der Waals surface area (Å²) in [5.41, 5.74) is 10.5. The van der Waals surface area contributed by atoms with Gasteiger partial charge < -0.3 is 11.5 Å². The van der Waals surface area contributed by atoms with Gasteiger partial charge in [0.1, 0.15) is 0 Å². The van der Waals surface area contributed by atoms with Crippen molar-refractivity contribution in [1.29, 1.82) is 0 Å². The van der Waals surface area contributed by atoms with E-state index in [-0.39, 0.29) is 17.5 Å². The lowest BCUT2D eigenvalue weighted by Crippen LogP contribution is -2.59. The van der Waals surface area contributed by atoms with Crippen molar-refractivity contribution in [2.75, 3.05) is 24.6 Å². The van der Waals surface area contributed by atoms with Crippen LogP contribution in [0.2, 0.25) is 0 Å². The van der Waals surface area contributed by atoms with E-state index in [1.54, 1.807) is 0 Å². The van der Waals surface area contributed by atoms with Gasteiger partial charge in [-0.1, -0.05) is 0 Å². The van der Waals surface area contributed by atoms with Crippen LogP contribution < -0.4 is 11.5 Å². The third kappa shape index (κ3) is 2.84. The number of carbonyl (C=O) groups excluding carboxylic acids is 1. The van der Waals surface area contributed by atoms with Crippen molar-refractivity contribution in [3.05, 3.63) is 0 Å². The molecule has 1 aliphatic carbocycles. The smallest absolute Gasteiger partial charge is 0.237 e. The average molecular weight is 275 g/mol. The lowest BCUT2D eigenvalue weighted by Gasteiger charge is -2.42. The number of sulfone groups is 1. The number of hydrogen-bond acceptors (Lipinski definition) is 5. The van der Waals surface area contributed by atoms with Crippen LogP contribution in [0.15, 0.2) is 0 Å². The molecule has 7 heteroatoms. The molecule has 0 aromatic heterocycles. The highest BCUT2D eigenvalue weighted by molar-refractivity contribution is 7.91. The van der Waals surface area contributed by atoms with Crippen LogP contribution in [0.3, 0.4) is 0 Å². The van der Waals surface area contributed by atoms with Crippen molar-refractivity contribution in [2.24, 2.45) is 11.5 Å². The zero-order chi connectivity index (χ0) is 13.4. The first-order valence-corrected chi connectivity index (χ1v) is 8.18. The monoisotopic (exact) mass is 275 g/mol. The summed E-state index contributed by atoms with van der Waals surface area (Å²) in [7, 11) is -2.86. The highest BCUT2D eigenvalue weighted by Gasteiger charge is 2.40. The molecule has 0 radical (unpaired) electrons. The van der Waals surface area contributed by atoms with Gasteiger partial charge in [0.25, 0.3) is 0 Å². The molecule has 104 valence electrons. The van der Waals surface area contributed by atoms with Crippen molar-refractivity contribution in [1.82, 2.24) is 4.90 Å². The largest absolute Gasteiger partial charge is 0.368 e. The molecule has 18 heavy (non-hydrogen) atoms. The second-order valence-electron chi connectivity index (χ2n) is 5.46. The summed E-state index contributed by atoms with van der Waals surface area (Å²) in [5, 5.41) is 0. The summed E-state index contributed by atoms with van der Waals surface area (Å²) in [6.45, 7) is 1.09. The van der Waals surface area contributed by atoms with E-state index in [9.17, 15) is 13.2 Å². The number of primary amides is 1. The van der Waals surface area contributed by atoms with Crippen molar-refractivity contribution in [3.8, 4) is 0 Å². The molecule has 2 unspecified atom stereocenters. The van der Waals surface area contributed by atoms with Crippen LogP contribution in [0, 0.1) is 0 Å². The number of rotatable bonds is 2. The Bertz CT molecular complexity index is 423. The van der Waals surface area contributed by atoms with E-state index in [1.807, 2.05) is 0 Å². The highest BCUT2D eigenvalue weighted by atomic mass is 32.2. The molecule has 4 N–H and O–H groups in total. The first kappa shape index (κ1) is 13.8. The van der Waals surface area contributed by atoms with Gasteiger partial charge in [-0.05, 0) is 25.7 Å². The normalized spacial score (nSPS) is 37.3. The Kier molecular flexibility index (Phi) is 3.66. The first-order chi connectivity index (χ1) is 8.32. The molecule has 0 bridgehead atoms. The highest BCUT2D eigenvalue weighted by Crippen LogP contribution is 2.30. The summed E-state index contributed by atoms with van der Waals surface area (Å²) < 4.78 is 22.8. The second-order valence-corrected chi connectivity index (χ2v) is 7.76. The van der Waals surface area contributed by atoms with Crippen LogP contribution in [0.25, 0.3) is 0 Å². The maximum absolute atomic E-state index is 11.4. The van der Waals surface area contributed by atoms with Crippen LogP contribution in [0.4, 0.5) is 0 Å². The SMILES string of the molecule is NC(=O)C1(N)CCCC(N2CCS(=O)(=O)CC2)C1. The van der Waals surface area contributed by atoms with Crippen molar-refractivity contribution in [2.45, 2.75) is 37.3 Å². The molecule has 0 aromatic carbocycles. The molecule has 1 heterocycles. The van der Waals surface area contributed by atoms with Gasteiger partial charge in [0.15, 0.2) is 9.84 Å². The molecule has 1 aliphatic heterocycles. The van der Waals surface area contributed by atoms with Gasteiger partial charge in [-0.2, -0.15) is 0 Å². The third-order valence-corrected chi connectivity index (χ3v) is 5.76. The summed E-state index contributed by atoms with van der Waals surface area (Å²) >= 11 is 0. The van der Waals surface area contributed by atoms with Crippen molar-refractivity contribution < 1.29 is 13.2 Å². The second kappa shape index (κ2) is 4.79. The molecule has 1 saturated carbocycles. The van der Waals surface area contributed by atoms with Crippen LogP contribution >= 0.6 is 0 Å². The zero-order valence-electron chi connectivity index (χ0n) is 10.5. The van der Waals surface area contributed by atoms with Crippen molar-refractivity contribution >= 4 is 15.7 Å². The maximum atomic E-state index is 11.4. The number of hydrogen-bond donors (Lipinski definition) is 2. The van der Waals surface area contributed by atoms with E-state index in [0.29, 0.717) is 25.9 Å². The fraction of sp³-hybridized carbons (Fsp3) is 0.909. The Labute approximate surface area is 108 Å². The fourth-order valence-corrected chi connectivity index (χ4v) is 4.13. The minimum Gasteiger partial charge on any atom is -0.368 e. The number of nitrogens with zero attached hydrogens (tertiary/aromatic N) is 1. The standard InChI is InChI=1S/C11H21N3O3S/c12-10(15)11(13)3-1-2-9(8-11)14-4-6-18(16,17)7-5-14/h9H,1-8,13H2,(H2,12,15). The Hall–Kier alpha value is -0.660. The molecule has 0 aromatic rings. The minimum absolute atomic E-state index is 0.187. The minimum atomic E-state index is -2.86. The van der Waals surface area contributed by atoms with Crippen LogP contribution in [-0.4, -0.2) is 55.4 Å². The van der Waals surface area contributed by atoms with Gasteiger partial charge >= 0.3 is 0 Å². The lowest BCUT2D eigenvalue weighted by atomic mass is 9.78. The number of carbonyl (C=O) groups is 1. The van der Waals surface area contributed by atoms with E-state index < -0.39 is 21.3 Å². The molecule has 2 fully saturated rings. The zero-order valence-corrected chi connectivity index (χ0v) is 11.3. The Morgan fingerprint density at radius 3 is 2.44 bits per heavy atom. The molecule has 2 rings (SSSR count). The first-order valence-electron chi connectivity index (χ1n) is 6.36. The third-order valence-electron chi connectivity index (χ3n) is 4.15. The van der Waals surface area contributed by atoms with Gasteiger partial charge in [0.2, 0.25) is 5.91 Å². The summed E-state index contributed by atoms with van der Waals surface area (Å²) in [5.74, 6) is -0.0354. The van der Waals surface area contributed by atoms with Crippen molar-refractivity contribution in [3.63, 3.8) is 0 Å². The number of amides is 1. The summed E-state index contributed by atoms with van der Waals surface area (Å²) in [6, 6.07) is 0.187.